The molecule has 1 amide bonds. The van der Waals surface area contributed by atoms with Crippen LogP contribution in [0.15, 0.2) is 48.5 Å². The van der Waals surface area contributed by atoms with Gasteiger partial charge in [-0.05, 0) is 43.3 Å². The van der Waals surface area contributed by atoms with Gasteiger partial charge in [0.25, 0.3) is 0 Å². The standard InChI is InChI=1S/C20H22N4O2/c1-14-20(25)24(15-7-9-16(26-2)10-8-15)12-11-23(14)13-19-21-17-5-3-4-6-18(17)22-19/h3-10,14H,11-13H2,1-2H3,(H,21,22)/t14-/m1/s1. The Hall–Kier alpha value is -2.86. The van der Waals surface area contributed by atoms with Gasteiger partial charge in [-0.15, -0.1) is 0 Å². The molecule has 1 aliphatic heterocycles. The van der Waals surface area contributed by atoms with Crippen LogP contribution in [0.2, 0.25) is 0 Å². The molecule has 4 rings (SSSR count). The average Bonchev–Trinajstić information content (AvgIpc) is 3.08. The van der Waals surface area contributed by atoms with E-state index in [0.29, 0.717) is 13.1 Å². The number of carbonyl (C=O) groups excluding carboxylic acids is 1. The topological polar surface area (TPSA) is 61.5 Å². The number of piperazine rings is 1. The van der Waals surface area contributed by atoms with Gasteiger partial charge in [-0.25, -0.2) is 4.98 Å². The van der Waals surface area contributed by atoms with Gasteiger partial charge in [-0.2, -0.15) is 0 Å². The molecule has 3 aromatic rings. The van der Waals surface area contributed by atoms with Gasteiger partial charge in [0.05, 0.1) is 30.7 Å². The number of imidazole rings is 1. The highest BCUT2D eigenvalue weighted by molar-refractivity contribution is 5.97. The maximum absolute atomic E-state index is 12.9. The summed E-state index contributed by atoms with van der Waals surface area (Å²) < 4.78 is 5.19. The highest BCUT2D eigenvalue weighted by Gasteiger charge is 2.32. The van der Waals surface area contributed by atoms with Crippen LogP contribution in [0.5, 0.6) is 5.75 Å². The van der Waals surface area contributed by atoms with Crippen molar-refractivity contribution in [2.75, 3.05) is 25.1 Å². The van der Waals surface area contributed by atoms with Gasteiger partial charge < -0.3 is 14.6 Å². The van der Waals surface area contributed by atoms with E-state index in [-0.39, 0.29) is 11.9 Å². The first-order valence-corrected chi connectivity index (χ1v) is 8.79. The summed E-state index contributed by atoms with van der Waals surface area (Å²) in [6.07, 6.45) is 0. The third-order valence-electron chi connectivity index (χ3n) is 4.96. The van der Waals surface area contributed by atoms with Gasteiger partial charge in [-0.3, -0.25) is 9.69 Å². The number of aromatic amines is 1. The van der Waals surface area contributed by atoms with Crippen molar-refractivity contribution in [2.45, 2.75) is 19.5 Å². The van der Waals surface area contributed by atoms with Gasteiger partial charge in [0.2, 0.25) is 5.91 Å². The van der Waals surface area contributed by atoms with Crippen molar-refractivity contribution in [3.8, 4) is 5.75 Å². The third-order valence-corrected chi connectivity index (χ3v) is 4.96. The monoisotopic (exact) mass is 350 g/mol. The van der Waals surface area contributed by atoms with Crippen LogP contribution in [0.25, 0.3) is 11.0 Å². The molecule has 26 heavy (non-hydrogen) atoms. The molecule has 2 aromatic carbocycles. The number of nitrogens with one attached hydrogen (secondary N) is 1. The Morgan fingerprint density at radius 3 is 2.65 bits per heavy atom. The number of benzene rings is 2. The summed E-state index contributed by atoms with van der Waals surface area (Å²) in [5.41, 5.74) is 2.89. The second kappa shape index (κ2) is 6.80. The van der Waals surface area contributed by atoms with E-state index in [1.807, 2.05) is 60.4 Å². The fraction of sp³-hybridized carbons (Fsp3) is 0.300. The Labute approximate surface area is 152 Å². The number of aromatic nitrogens is 2. The lowest BCUT2D eigenvalue weighted by molar-refractivity contribution is -0.125. The zero-order chi connectivity index (χ0) is 18.1. The smallest absolute Gasteiger partial charge is 0.244 e. The molecule has 6 heteroatoms. The zero-order valence-corrected chi connectivity index (χ0v) is 15.0. The molecule has 0 saturated carbocycles. The first kappa shape index (κ1) is 16.6. The molecule has 1 N–H and O–H groups in total. The number of H-pyrrole nitrogens is 1. The Bertz CT molecular complexity index is 886. The van der Waals surface area contributed by atoms with Crippen LogP contribution in [-0.4, -0.2) is 47.0 Å². The molecule has 1 saturated heterocycles. The van der Waals surface area contributed by atoms with E-state index in [1.165, 1.54) is 0 Å². The zero-order valence-electron chi connectivity index (χ0n) is 15.0. The van der Waals surface area contributed by atoms with Crippen LogP contribution >= 0.6 is 0 Å². The first-order valence-electron chi connectivity index (χ1n) is 8.79. The Morgan fingerprint density at radius 1 is 1.15 bits per heavy atom. The van der Waals surface area contributed by atoms with E-state index >= 15 is 0 Å². The quantitative estimate of drug-likeness (QED) is 0.786. The first-order chi connectivity index (χ1) is 12.7. The number of ether oxygens (including phenoxy) is 1. The predicted molar refractivity (Wildman–Crippen MR) is 101 cm³/mol. The van der Waals surface area contributed by atoms with Crippen LogP contribution in [0.4, 0.5) is 5.69 Å². The number of carbonyl (C=O) groups is 1. The molecule has 1 fully saturated rings. The SMILES string of the molecule is COc1ccc(N2CCN(Cc3nc4ccccc4[nH]3)[C@H](C)C2=O)cc1. The minimum atomic E-state index is -0.195. The van der Waals surface area contributed by atoms with E-state index in [2.05, 4.69) is 14.9 Å². The number of amides is 1. The molecule has 1 aliphatic rings. The number of nitrogens with zero attached hydrogens (tertiary/aromatic N) is 3. The van der Waals surface area contributed by atoms with Crippen molar-refractivity contribution in [1.82, 2.24) is 14.9 Å². The minimum Gasteiger partial charge on any atom is -0.497 e. The van der Waals surface area contributed by atoms with E-state index in [9.17, 15) is 4.79 Å². The van der Waals surface area contributed by atoms with Gasteiger partial charge in [-0.1, -0.05) is 12.1 Å². The van der Waals surface area contributed by atoms with E-state index in [4.69, 9.17) is 4.74 Å². The molecule has 1 atom stereocenters. The fourth-order valence-corrected chi connectivity index (χ4v) is 3.42. The van der Waals surface area contributed by atoms with Crippen molar-refractivity contribution in [2.24, 2.45) is 0 Å². The Balaban J connectivity index is 1.48. The van der Waals surface area contributed by atoms with E-state index in [0.717, 1.165) is 34.8 Å². The number of rotatable bonds is 4. The predicted octanol–water partition coefficient (Wildman–Crippen LogP) is 2.81. The second-order valence-corrected chi connectivity index (χ2v) is 6.53. The lowest BCUT2D eigenvalue weighted by Crippen LogP contribution is -2.55. The van der Waals surface area contributed by atoms with E-state index in [1.54, 1.807) is 7.11 Å². The molecule has 2 heterocycles. The molecule has 0 aliphatic carbocycles. The summed E-state index contributed by atoms with van der Waals surface area (Å²) in [6.45, 7) is 4.06. The van der Waals surface area contributed by atoms with Crippen molar-refractivity contribution in [3.05, 3.63) is 54.4 Å². The summed E-state index contributed by atoms with van der Waals surface area (Å²) in [4.78, 5) is 24.9. The molecule has 0 radical (unpaired) electrons. The number of hydrogen-bond acceptors (Lipinski definition) is 4. The average molecular weight is 350 g/mol. The number of para-hydroxylation sites is 2. The summed E-state index contributed by atoms with van der Waals surface area (Å²) in [6, 6.07) is 15.4. The van der Waals surface area contributed by atoms with Crippen molar-refractivity contribution < 1.29 is 9.53 Å². The van der Waals surface area contributed by atoms with Gasteiger partial charge in [0, 0.05) is 18.8 Å². The largest absolute Gasteiger partial charge is 0.497 e. The molecule has 0 spiro atoms. The van der Waals surface area contributed by atoms with Crippen LogP contribution < -0.4 is 9.64 Å². The maximum Gasteiger partial charge on any atom is 0.244 e. The highest BCUT2D eigenvalue weighted by Crippen LogP contribution is 2.24. The summed E-state index contributed by atoms with van der Waals surface area (Å²) in [7, 11) is 1.64. The summed E-state index contributed by atoms with van der Waals surface area (Å²) in [5.74, 6) is 1.79. The Kier molecular flexibility index (Phi) is 4.34. The van der Waals surface area contributed by atoms with Crippen molar-refractivity contribution in [3.63, 3.8) is 0 Å². The third kappa shape index (κ3) is 3.04. The van der Waals surface area contributed by atoms with Crippen molar-refractivity contribution >= 4 is 22.6 Å². The van der Waals surface area contributed by atoms with Gasteiger partial charge >= 0.3 is 0 Å². The summed E-state index contributed by atoms with van der Waals surface area (Å²) >= 11 is 0. The molecule has 0 bridgehead atoms. The van der Waals surface area contributed by atoms with Crippen LogP contribution in [0.3, 0.4) is 0 Å². The number of hydrogen-bond donors (Lipinski definition) is 1. The van der Waals surface area contributed by atoms with Crippen LogP contribution in [0.1, 0.15) is 12.7 Å². The molecule has 0 unspecified atom stereocenters. The number of methoxy groups -OCH3 is 1. The summed E-state index contributed by atoms with van der Waals surface area (Å²) in [5, 5.41) is 0. The number of anilines is 1. The molecule has 6 nitrogen and oxygen atoms in total. The number of fused-ring (bicyclic) bond motifs is 1. The lowest BCUT2D eigenvalue weighted by Gasteiger charge is -2.38. The second-order valence-electron chi connectivity index (χ2n) is 6.53. The lowest BCUT2D eigenvalue weighted by atomic mass is 10.1. The fourth-order valence-electron chi connectivity index (χ4n) is 3.42. The van der Waals surface area contributed by atoms with Crippen LogP contribution in [-0.2, 0) is 11.3 Å². The van der Waals surface area contributed by atoms with Crippen molar-refractivity contribution in [1.29, 1.82) is 0 Å². The molecular weight excluding hydrogens is 328 g/mol. The Morgan fingerprint density at radius 2 is 1.92 bits per heavy atom. The van der Waals surface area contributed by atoms with E-state index < -0.39 is 0 Å². The molecule has 134 valence electrons. The van der Waals surface area contributed by atoms with Gasteiger partial charge in [0.1, 0.15) is 11.6 Å². The molecular formula is C20H22N4O2. The highest BCUT2D eigenvalue weighted by atomic mass is 16.5. The van der Waals surface area contributed by atoms with Crippen LogP contribution in [0, 0.1) is 0 Å². The normalized spacial score (nSPS) is 18.5. The van der Waals surface area contributed by atoms with Gasteiger partial charge in [0.15, 0.2) is 0 Å². The molecule has 1 aromatic heterocycles. The minimum absolute atomic E-state index is 0.109. The maximum atomic E-state index is 12.9.